The predicted molar refractivity (Wildman–Crippen MR) is 86.9 cm³/mol. The highest BCUT2D eigenvalue weighted by molar-refractivity contribution is 5.40. The lowest BCUT2D eigenvalue weighted by molar-refractivity contribution is -0.0511. The van der Waals surface area contributed by atoms with E-state index in [0.717, 1.165) is 31.8 Å². The Balaban J connectivity index is 1.79. The number of rotatable bonds is 3. The molecule has 1 saturated heterocycles. The molecule has 0 aromatic heterocycles. The van der Waals surface area contributed by atoms with Crippen LogP contribution in [-0.2, 0) is 4.74 Å². The summed E-state index contributed by atoms with van der Waals surface area (Å²) in [7, 11) is 0. The first-order valence-electron chi connectivity index (χ1n) is 7.43. The molecule has 0 saturated carbocycles. The smallest absolute Gasteiger partial charge is 0.0952 e. The standard InChI is InChI=1S/C18H22N2O/c1-2-18(10-4-3-5-11-18)20-12-13-21-17(14-20)15-6-8-16(19)9-7-15/h2-10,17H,1,11-14,19H2/t17-,18-/m1/s1. The Hall–Kier alpha value is -1.84. The van der Waals surface area contributed by atoms with E-state index in [1.165, 1.54) is 5.56 Å². The zero-order chi connectivity index (χ0) is 14.7. The van der Waals surface area contributed by atoms with E-state index in [9.17, 15) is 0 Å². The third-order valence-electron chi connectivity index (χ3n) is 4.39. The molecular formula is C18H22N2O. The van der Waals surface area contributed by atoms with Crippen LogP contribution in [0.3, 0.4) is 0 Å². The molecule has 2 N–H and O–H groups in total. The average molecular weight is 282 g/mol. The van der Waals surface area contributed by atoms with Crippen molar-refractivity contribution in [2.45, 2.75) is 18.1 Å². The minimum atomic E-state index is -0.0788. The molecule has 1 aliphatic heterocycles. The van der Waals surface area contributed by atoms with Crippen LogP contribution in [-0.4, -0.2) is 30.1 Å². The molecule has 2 aliphatic rings. The van der Waals surface area contributed by atoms with Gasteiger partial charge in [-0.2, -0.15) is 0 Å². The molecular weight excluding hydrogens is 260 g/mol. The molecule has 0 amide bonds. The second kappa shape index (κ2) is 5.88. The number of benzene rings is 1. The monoisotopic (exact) mass is 282 g/mol. The van der Waals surface area contributed by atoms with E-state index in [1.807, 2.05) is 12.1 Å². The first kappa shape index (κ1) is 14.1. The van der Waals surface area contributed by atoms with Crippen LogP contribution >= 0.6 is 0 Å². The average Bonchev–Trinajstić information content (AvgIpc) is 2.56. The van der Waals surface area contributed by atoms with Gasteiger partial charge in [0.25, 0.3) is 0 Å². The summed E-state index contributed by atoms with van der Waals surface area (Å²) in [4.78, 5) is 2.46. The molecule has 3 nitrogen and oxygen atoms in total. The molecule has 0 bridgehead atoms. The number of nitrogens with two attached hydrogens (primary N) is 1. The van der Waals surface area contributed by atoms with E-state index in [2.05, 4.69) is 54.0 Å². The number of nitrogen functional groups attached to an aromatic ring is 1. The van der Waals surface area contributed by atoms with Crippen molar-refractivity contribution in [2.24, 2.45) is 0 Å². The molecule has 3 heteroatoms. The highest BCUT2D eigenvalue weighted by atomic mass is 16.5. The maximum Gasteiger partial charge on any atom is 0.0952 e. The Kier molecular flexibility index (Phi) is 3.95. The first-order chi connectivity index (χ1) is 10.2. The molecule has 0 unspecified atom stereocenters. The lowest BCUT2D eigenvalue weighted by atomic mass is 9.88. The maximum absolute atomic E-state index is 5.96. The van der Waals surface area contributed by atoms with Crippen molar-refractivity contribution >= 4 is 5.69 Å². The fourth-order valence-corrected chi connectivity index (χ4v) is 3.08. The topological polar surface area (TPSA) is 38.5 Å². The van der Waals surface area contributed by atoms with Gasteiger partial charge in [-0.25, -0.2) is 0 Å². The molecule has 0 spiro atoms. The van der Waals surface area contributed by atoms with Crippen molar-refractivity contribution in [1.82, 2.24) is 4.90 Å². The van der Waals surface area contributed by atoms with Gasteiger partial charge in [-0.1, -0.05) is 42.5 Å². The van der Waals surface area contributed by atoms with E-state index in [-0.39, 0.29) is 11.6 Å². The van der Waals surface area contributed by atoms with Crippen molar-refractivity contribution in [1.29, 1.82) is 0 Å². The van der Waals surface area contributed by atoms with Gasteiger partial charge in [-0.3, -0.25) is 4.90 Å². The molecule has 1 aromatic carbocycles. The van der Waals surface area contributed by atoms with Crippen molar-refractivity contribution in [3.8, 4) is 0 Å². The summed E-state index contributed by atoms with van der Waals surface area (Å²) < 4.78 is 5.96. The minimum Gasteiger partial charge on any atom is -0.399 e. The van der Waals surface area contributed by atoms with Crippen LogP contribution in [0.1, 0.15) is 18.1 Å². The number of nitrogens with zero attached hydrogens (tertiary/aromatic N) is 1. The summed E-state index contributed by atoms with van der Waals surface area (Å²) in [5, 5.41) is 0. The van der Waals surface area contributed by atoms with Crippen LogP contribution in [0, 0.1) is 0 Å². The summed E-state index contributed by atoms with van der Waals surface area (Å²) >= 11 is 0. The molecule has 1 fully saturated rings. The lowest BCUT2D eigenvalue weighted by Crippen LogP contribution is -2.52. The van der Waals surface area contributed by atoms with Gasteiger partial charge < -0.3 is 10.5 Å². The first-order valence-corrected chi connectivity index (χ1v) is 7.43. The van der Waals surface area contributed by atoms with Crippen molar-refractivity contribution in [2.75, 3.05) is 25.4 Å². The van der Waals surface area contributed by atoms with Gasteiger partial charge in [0.05, 0.1) is 18.2 Å². The fourth-order valence-electron chi connectivity index (χ4n) is 3.08. The number of anilines is 1. The Morgan fingerprint density at radius 3 is 2.76 bits per heavy atom. The molecule has 2 atom stereocenters. The van der Waals surface area contributed by atoms with Gasteiger partial charge in [0.15, 0.2) is 0 Å². The van der Waals surface area contributed by atoms with Gasteiger partial charge in [0, 0.05) is 18.8 Å². The Morgan fingerprint density at radius 1 is 1.29 bits per heavy atom. The van der Waals surface area contributed by atoms with Crippen molar-refractivity contribution < 1.29 is 4.74 Å². The third kappa shape index (κ3) is 2.80. The second-order valence-electron chi connectivity index (χ2n) is 5.66. The van der Waals surface area contributed by atoms with Gasteiger partial charge in [0.1, 0.15) is 0 Å². The maximum atomic E-state index is 5.96. The normalized spacial score (nSPS) is 29.4. The summed E-state index contributed by atoms with van der Waals surface area (Å²) in [6.45, 7) is 6.59. The molecule has 0 radical (unpaired) electrons. The number of morpholine rings is 1. The largest absolute Gasteiger partial charge is 0.399 e. The second-order valence-corrected chi connectivity index (χ2v) is 5.66. The van der Waals surface area contributed by atoms with Crippen molar-refractivity contribution in [3.63, 3.8) is 0 Å². The molecule has 110 valence electrons. The molecule has 1 aromatic rings. The van der Waals surface area contributed by atoms with E-state index >= 15 is 0 Å². The van der Waals surface area contributed by atoms with Gasteiger partial charge >= 0.3 is 0 Å². The number of hydrogen-bond donors (Lipinski definition) is 1. The van der Waals surface area contributed by atoms with Gasteiger partial charge in [-0.15, -0.1) is 6.58 Å². The predicted octanol–water partition coefficient (Wildman–Crippen LogP) is 3.08. The zero-order valence-corrected chi connectivity index (χ0v) is 12.2. The van der Waals surface area contributed by atoms with Crippen LogP contribution in [0.15, 0.2) is 61.2 Å². The molecule has 3 rings (SSSR count). The fraction of sp³-hybridized carbons (Fsp3) is 0.333. The number of hydrogen-bond acceptors (Lipinski definition) is 3. The van der Waals surface area contributed by atoms with Crippen molar-refractivity contribution in [3.05, 3.63) is 66.8 Å². The minimum absolute atomic E-state index is 0.0788. The van der Waals surface area contributed by atoms with Gasteiger partial charge in [-0.05, 0) is 24.1 Å². The van der Waals surface area contributed by atoms with Crippen LogP contribution < -0.4 is 5.73 Å². The van der Waals surface area contributed by atoms with E-state index in [4.69, 9.17) is 10.5 Å². The van der Waals surface area contributed by atoms with E-state index in [0.29, 0.717) is 0 Å². The molecule has 1 aliphatic carbocycles. The Morgan fingerprint density at radius 2 is 2.10 bits per heavy atom. The Bertz CT molecular complexity index is 561. The van der Waals surface area contributed by atoms with Crippen LogP contribution in [0.4, 0.5) is 5.69 Å². The summed E-state index contributed by atoms with van der Waals surface area (Å²) in [5.41, 5.74) is 7.65. The van der Waals surface area contributed by atoms with E-state index in [1.54, 1.807) is 0 Å². The highest BCUT2D eigenvalue weighted by Gasteiger charge is 2.35. The molecule has 21 heavy (non-hydrogen) atoms. The lowest BCUT2D eigenvalue weighted by Gasteiger charge is -2.44. The van der Waals surface area contributed by atoms with Crippen LogP contribution in [0.2, 0.25) is 0 Å². The quantitative estimate of drug-likeness (QED) is 0.684. The highest BCUT2D eigenvalue weighted by Crippen LogP contribution is 2.32. The molecule has 1 heterocycles. The summed E-state index contributed by atoms with van der Waals surface area (Å²) in [5.74, 6) is 0. The summed E-state index contributed by atoms with van der Waals surface area (Å²) in [6.07, 6.45) is 11.8. The Labute approximate surface area is 126 Å². The van der Waals surface area contributed by atoms with E-state index < -0.39 is 0 Å². The van der Waals surface area contributed by atoms with Crippen LogP contribution in [0.25, 0.3) is 0 Å². The van der Waals surface area contributed by atoms with Gasteiger partial charge in [0.2, 0.25) is 0 Å². The van der Waals surface area contributed by atoms with Crippen LogP contribution in [0.5, 0.6) is 0 Å². The number of ether oxygens (including phenoxy) is 1. The SMILES string of the molecule is C=C[C@@]1(N2CCO[C@@H](c3ccc(N)cc3)C2)C=CC=CC1. The zero-order valence-electron chi connectivity index (χ0n) is 12.2. The number of allylic oxidation sites excluding steroid dienone is 2. The summed E-state index contributed by atoms with van der Waals surface area (Å²) in [6, 6.07) is 7.98. The third-order valence-corrected chi connectivity index (χ3v) is 4.39.